The van der Waals surface area contributed by atoms with Gasteiger partial charge in [-0.3, -0.25) is 4.79 Å². The molecule has 1 aromatic rings. The Balaban J connectivity index is 2.27. The monoisotopic (exact) mass is 260 g/mol. The summed E-state index contributed by atoms with van der Waals surface area (Å²) in [6, 6.07) is 5.92. The Morgan fingerprint density at radius 1 is 1.37 bits per heavy atom. The smallest absolute Gasteiger partial charge is 0.227 e. The number of aryl methyl sites for hydroxylation is 1. The molecular formula is C16H24N2O. The maximum absolute atomic E-state index is 12.3. The lowest BCUT2D eigenvalue weighted by Gasteiger charge is -2.26. The first-order valence-electron chi connectivity index (χ1n) is 7.30. The van der Waals surface area contributed by atoms with Crippen LogP contribution in [0.1, 0.15) is 45.1 Å². The van der Waals surface area contributed by atoms with Crippen molar-refractivity contribution < 1.29 is 4.79 Å². The van der Waals surface area contributed by atoms with Crippen LogP contribution in [0.4, 0.5) is 11.4 Å². The number of carbonyl (C=O) groups excluding carboxylic acids is 1. The van der Waals surface area contributed by atoms with Gasteiger partial charge in [0.15, 0.2) is 0 Å². The topological polar surface area (TPSA) is 46.3 Å². The quantitative estimate of drug-likeness (QED) is 0.844. The summed E-state index contributed by atoms with van der Waals surface area (Å²) in [5, 5.41) is 0. The first kappa shape index (κ1) is 13.9. The summed E-state index contributed by atoms with van der Waals surface area (Å²) in [5.41, 5.74) is 8.93. The van der Waals surface area contributed by atoms with Crippen LogP contribution in [0, 0.1) is 5.92 Å². The number of nitrogens with zero attached hydrogens (tertiary/aromatic N) is 1. The van der Waals surface area contributed by atoms with E-state index >= 15 is 0 Å². The number of hydrogen-bond donors (Lipinski definition) is 1. The zero-order chi connectivity index (χ0) is 13.8. The molecule has 1 heterocycles. The fraction of sp³-hybridized carbons (Fsp3) is 0.562. The lowest BCUT2D eigenvalue weighted by molar-refractivity contribution is -0.118. The molecule has 3 nitrogen and oxygen atoms in total. The van der Waals surface area contributed by atoms with E-state index < -0.39 is 0 Å². The highest BCUT2D eigenvalue weighted by Gasteiger charge is 2.23. The van der Waals surface area contributed by atoms with Crippen LogP contribution in [0.2, 0.25) is 0 Å². The molecule has 0 aromatic heterocycles. The SMILES string of the molecule is CCCC(C)CN1C(=O)CCCc2cc(N)ccc21. The van der Waals surface area contributed by atoms with Crippen LogP contribution in [0.5, 0.6) is 0 Å². The molecule has 1 amide bonds. The van der Waals surface area contributed by atoms with Gasteiger partial charge in [0.1, 0.15) is 0 Å². The Hall–Kier alpha value is -1.51. The summed E-state index contributed by atoms with van der Waals surface area (Å²) in [7, 11) is 0. The highest BCUT2D eigenvalue weighted by atomic mass is 16.2. The highest BCUT2D eigenvalue weighted by molar-refractivity contribution is 5.95. The molecule has 2 N–H and O–H groups in total. The minimum absolute atomic E-state index is 0.256. The Bertz CT molecular complexity index is 456. The number of nitrogens with two attached hydrogens (primary N) is 1. The van der Waals surface area contributed by atoms with E-state index in [0.717, 1.165) is 43.6 Å². The standard InChI is InChI=1S/C16H24N2O/c1-3-5-12(2)11-18-15-9-8-14(17)10-13(15)6-4-7-16(18)19/h8-10,12H,3-7,11,17H2,1-2H3. The lowest BCUT2D eigenvalue weighted by atomic mass is 10.0. The Kier molecular flexibility index (Phi) is 4.46. The molecule has 0 radical (unpaired) electrons. The van der Waals surface area contributed by atoms with Gasteiger partial charge in [0, 0.05) is 24.3 Å². The Morgan fingerprint density at radius 2 is 2.16 bits per heavy atom. The minimum Gasteiger partial charge on any atom is -0.399 e. The van der Waals surface area contributed by atoms with E-state index in [0.29, 0.717) is 12.3 Å². The van der Waals surface area contributed by atoms with Crippen molar-refractivity contribution in [3.05, 3.63) is 23.8 Å². The van der Waals surface area contributed by atoms with Crippen LogP contribution < -0.4 is 10.6 Å². The van der Waals surface area contributed by atoms with E-state index in [1.165, 1.54) is 5.56 Å². The number of anilines is 2. The van der Waals surface area contributed by atoms with E-state index in [1.54, 1.807) is 0 Å². The van der Waals surface area contributed by atoms with Crippen LogP contribution in [0.15, 0.2) is 18.2 Å². The van der Waals surface area contributed by atoms with Gasteiger partial charge < -0.3 is 10.6 Å². The molecular weight excluding hydrogens is 236 g/mol. The van der Waals surface area contributed by atoms with Gasteiger partial charge in [-0.1, -0.05) is 20.3 Å². The van der Waals surface area contributed by atoms with Crippen molar-refractivity contribution in [1.29, 1.82) is 0 Å². The maximum Gasteiger partial charge on any atom is 0.227 e. The average molecular weight is 260 g/mol. The number of nitrogen functional groups attached to an aromatic ring is 1. The second-order valence-electron chi connectivity index (χ2n) is 5.64. The van der Waals surface area contributed by atoms with Crippen LogP contribution in [-0.2, 0) is 11.2 Å². The van der Waals surface area contributed by atoms with Gasteiger partial charge in [0.25, 0.3) is 0 Å². The number of rotatable bonds is 4. The lowest BCUT2D eigenvalue weighted by Crippen LogP contribution is -2.34. The van der Waals surface area contributed by atoms with Crippen LogP contribution in [0.3, 0.4) is 0 Å². The molecule has 3 heteroatoms. The van der Waals surface area contributed by atoms with Crippen molar-refractivity contribution >= 4 is 17.3 Å². The molecule has 1 aliphatic rings. The molecule has 104 valence electrons. The van der Waals surface area contributed by atoms with E-state index in [9.17, 15) is 4.79 Å². The number of benzene rings is 1. The molecule has 0 bridgehead atoms. The first-order valence-corrected chi connectivity index (χ1v) is 7.30. The van der Waals surface area contributed by atoms with Gasteiger partial charge in [0.05, 0.1) is 0 Å². The summed E-state index contributed by atoms with van der Waals surface area (Å²) in [5.74, 6) is 0.795. The average Bonchev–Trinajstić information content (AvgIpc) is 2.50. The number of fused-ring (bicyclic) bond motifs is 1. The maximum atomic E-state index is 12.3. The molecule has 19 heavy (non-hydrogen) atoms. The van der Waals surface area contributed by atoms with E-state index in [2.05, 4.69) is 13.8 Å². The minimum atomic E-state index is 0.256. The Labute approximate surface area is 115 Å². The van der Waals surface area contributed by atoms with Crippen molar-refractivity contribution in [2.75, 3.05) is 17.2 Å². The van der Waals surface area contributed by atoms with Crippen molar-refractivity contribution in [3.8, 4) is 0 Å². The number of amides is 1. The molecule has 1 aromatic carbocycles. The van der Waals surface area contributed by atoms with E-state index in [4.69, 9.17) is 5.73 Å². The summed E-state index contributed by atoms with van der Waals surface area (Å²) < 4.78 is 0. The molecule has 2 rings (SSSR count). The third-order valence-corrected chi connectivity index (χ3v) is 3.81. The zero-order valence-electron chi connectivity index (χ0n) is 12.0. The predicted octanol–water partition coefficient (Wildman–Crippen LogP) is 3.37. The largest absolute Gasteiger partial charge is 0.399 e. The number of carbonyl (C=O) groups is 1. The van der Waals surface area contributed by atoms with Gasteiger partial charge in [-0.15, -0.1) is 0 Å². The molecule has 1 unspecified atom stereocenters. The molecule has 1 aliphatic heterocycles. The first-order chi connectivity index (χ1) is 9.11. The molecule has 0 fully saturated rings. The van der Waals surface area contributed by atoms with Crippen molar-refractivity contribution in [1.82, 2.24) is 0 Å². The molecule has 0 saturated carbocycles. The van der Waals surface area contributed by atoms with Gasteiger partial charge >= 0.3 is 0 Å². The molecule has 0 aliphatic carbocycles. The third kappa shape index (κ3) is 3.28. The predicted molar refractivity (Wildman–Crippen MR) is 80.2 cm³/mol. The second-order valence-corrected chi connectivity index (χ2v) is 5.64. The molecule has 0 spiro atoms. The van der Waals surface area contributed by atoms with Gasteiger partial charge in [-0.05, 0) is 48.9 Å². The van der Waals surface area contributed by atoms with Gasteiger partial charge in [-0.2, -0.15) is 0 Å². The third-order valence-electron chi connectivity index (χ3n) is 3.81. The van der Waals surface area contributed by atoms with E-state index in [-0.39, 0.29) is 5.91 Å². The summed E-state index contributed by atoms with van der Waals surface area (Å²) in [4.78, 5) is 14.3. The number of hydrogen-bond acceptors (Lipinski definition) is 2. The normalized spacial score (nSPS) is 16.9. The summed E-state index contributed by atoms with van der Waals surface area (Å²) in [6.45, 7) is 5.23. The van der Waals surface area contributed by atoms with Crippen molar-refractivity contribution in [2.24, 2.45) is 5.92 Å². The van der Waals surface area contributed by atoms with Crippen LogP contribution in [0.25, 0.3) is 0 Å². The summed E-state index contributed by atoms with van der Waals surface area (Å²) >= 11 is 0. The molecule has 1 atom stereocenters. The van der Waals surface area contributed by atoms with Crippen molar-refractivity contribution in [2.45, 2.75) is 46.0 Å². The van der Waals surface area contributed by atoms with Crippen LogP contribution >= 0.6 is 0 Å². The zero-order valence-corrected chi connectivity index (χ0v) is 12.0. The fourth-order valence-corrected chi connectivity index (χ4v) is 2.86. The molecule has 0 saturated heterocycles. The Morgan fingerprint density at radius 3 is 2.89 bits per heavy atom. The van der Waals surface area contributed by atoms with Gasteiger partial charge in [0.2, 0.25) is 5.91 Å². The van der Waals surface area contributed by atoms with Crippen molar-refractivity contribution in [3.63, 3.8) is 0 Å². The van der Waals surface area contributed by atoms with Crippen LogP contribution in [-0.4, -0.2) is 12.5 Å². The van der Waals surface area contributed by atoms with Gasteiger partial charge in [-0.25, -0.2) is 0 Å². The highest BCUT2D eigenvalue weighted by Crippen LogP contribution is 2.29. The second kappa shape index (κ2) is 6.09. The van der Waals surface area contributed by atoms with E-state index in [1.807, 2.05) is 23.1 Å². The summed E-state index contributed by atoms with van der Waals surface area (Å²) in [6.07, 6.45) is 4.85. The fourth-order valence-electron chi connectivity index (χ4n) is 2.86.